The summed E-state index contributed by atoms with van der Waals surface area (Å²) in [6.45, 7) is 4.79. The second-order valence-electron chi connectivity index (χ2n) is 3.45. The highest BCUT2D eigenvalue weighted by Crippen LogP contribution is 2.23. The Labute approximate surface area is 90.2 Å². The van der Waals surface area contributed by atoms with Gasteiger partial charge in [0, 0.05) is 17.1 Å². The Bertz CT molecular complexity index is 299. The largest absolute Gasteiger partial charge is 0.491 e. The number of hydrogen-bond acceptors (Lipinski definition) is 2. The molecule has 0 heterocycles. The molecule has 0 aliphatic carbocycles. The minimum Gasteiger partial charge on any atom is -0.491 e. The highest BCUT2D eigenvalue weighted by Gasteiger charge is 2.05. The Hall–Kier alpha value is -0.730. The third-order valence-electron chi connectivity index (χ3n) is 1.75. The Morgan fingerprint density at radius 3 is 2.71 bits per heavy atom. The Balaban J connectivity index is 2.89. The van der Waals surface area contributed by atoms with Crippen molar-refractivity contribution in [2.75, 3.05) is 7.05 Å². The van der Waals surface area contributed by atoms with E-state index in [1.165, 1.54) is 0 Å². The van der Waals surface area contributed by atoms with Crippen LogP contribution in [0.3, 0.4) is 0 Å². The molecule has 1 N–H and O–H groups in total. The second-order valence-corrected chi connectivity index (χ2v) is 3.89. The molecule has 0 fully saturated rings. The lowest BCUT2D eigenvalue weighted by atomic mass is 10.2. The Morgan fingerprint density at radius 1 is 1.43 bits per heavy atom. The first-order valence-electron chi connectivity index (χ1n) is 4.73. The summed E-state index contributed by atoms with van der Waals surface area (Å²) in [6.07, 6.45) is 0.187. The number of benzene rings is 1. The lowest BCUT2D eigenvalue weighted by Crippen LogP contribution is -2.11. The summed E-state index contributed by atoms with van der Waals surface area (Å²) < 4.78 is 5.65. The van der Waals surface area contributed by atoms with Crippen LogP contribution in [-0.2, 0) is 6.54 Å². The van der Waals surface area contributed by atoms with Crippen LogP contribution in [0.25, 0.3) is 0 Å². The molecule has 1 aromatic rings. The van der Waals surface area contributed by atoms with Crippen molar-refractivity contribution in [3.05, 3.63) is 28.8 Å². The van der Waals surface area contributed by atoms with Crippen molar-refractivity contribution in [1.82, 2.24) is 5.32 Å². The molecule has 78 valence electrons. The zero-order valence-corrected chi connectivity index (χ0v) is 9.56. The van der Waals surface area contributed by atoms with Crippen LogP contribution in [0.1, 0.15) is 19.4 Å². The molecule has 0 bridgehead atoms. The van der Waals surface area contributed by atoms with Gasteiger partial charge < -0.3 is 10.1 Å². The fraction of sp³-hybridized carbons (Fsp3) is 0.455. The molecule has 1 rings (SSSR count). The highest BCUT2D eigenvalue weighted by atomic mass is 35.5. The van der Waals surface area contributed by atoms with Gasteiger partial charge in [-0.25, -0.2) is 0 Å². The molecule has 0 saturated heterocycles. The average Bonchev–Trinajstić information content (AvgIpc) is 2.09. The SMILES string of the molecule is CNCc1cc(Cl)ccc1OC(C)C. The maximum atomic E-state index is 5.91. The van der Waals surface area contributed by atoms with Crippen molar-refractivity contribution in [2.24, 2.45) is 0 Å². The van der Waals surface area contributed by atoms with Gasteiger partial charge >= 0.3 is 0 Å². The van der Waals surface area contributed by atoms with E-state index in [-0.39, 0.29) is 6.10 Å². The number of rotatable bonds is 4. The van der Waals surface area contributed by atoms with E-state index in [0.29, 0.717) is 0 Å². The zero-order valence-electron chi connectivity index (χ0n) is 8.80. The first kappa shape index (κ1) is 11.3. The molecule has 0 radical (unpaired) electrons. The van der Waals surface area contributed by atoms with Crippen molar-refractivity contribution < 1.29 is 4.74 Å². The van der Waals surface area contributed by atoms with Crippen molar-refractivity contribution in [3.63, 3.8) is 0 Å². The van der Waals surface area contributed by atoms with Gasteiger partial charge in [0.1, 0.15) is 5.75 Å². The van der Waals surface area contributed by atoms with Gasteiger partial charge in [-0.05, 0) is 39.1 Å². The summed E-state index contributed by atoms with van der Waals surface area (Å²) in [5, 5.41) is 3.83. The van der Waals surface area contributed by atoms with Gasteiger partial charge in [0.2, 0.25) is 0 Å². The van der Waals surface area contributed by atoms with Crippen molar-refractivity contribution >= 4 is 11.6 Å². The number of hydrogen-bond donors (Lipinski definition) is 1. The minimum absolute atomic E-state index is 0.187. The van der Waals surface area contributed by atoms with E-state index in [0.717, 1.165) is 22.9 Å². The molecular formula is C11H16ClNO. The van der Waals surface area contributed by atoms with Crippen molar-refractivity contribution in [3.8, 4) is 5.75 Å². The van der Waals surface area contributed by atoms with Crippen molar-refractivity contribution in [2.45, 2.75) is 26.5 Å². The summed E-state index contributed by atoms with van der Waals surface area (Å²) in [5.41, 5.74) is 1.09. The third-order valence-corrected chi connectivity index (χ3v) is 1.99. The number of nitrogens with one attached hydrogen (secondary N) is 1. The molecule has 2 nitrogen and oxygen atoms in total. The Morgan fingerprint density at radius 2 is 2.14 bits per heavy atom. The van der Waals surface area contributed by atoms with Crippen LogP contribution in [0.5, 0.6) is 5.75 Å². The van der Waals surface area contributed by atoms with Gasteiger partial charge in [0.15, 0.2) is 0 Å². The first-order chi connectivity index (χ1) is 6.63. The smallest absolute Gasteiger partial charge is 0.124 e. The fourth-order valence-corrected chi connectivity index (χ4v) is 1.44. The predicted molar refractivity (Wildman–Crippen MR) is 60.0 cm³/mol. The maximum Gasteiger partial charge on any atom is 0.124 e. The normalized spacial score (nSPS) is 10.6. The van der Waals surface area contributed by atoms with Gasteiger partial charge in [-0.3, -0.25) is 0 Å². The number of ether oxygens (including phenoxy) is 1. The highest BCUT2D eigenvalue weighted by molar-refractivity contribution is 6.30. The van der Waals surface area contributed by atoms with E-state index in [4.69, 9.17) is 16.3 Å². The average molecular weight is 214 g/mol. The first-order valence-corrected chi connectivity index (χ1v) is 5.11. The van der Waals surface area contributed by atoms with Crippen LogP contribution in [0.2, 0.25) is 5.02 Å². The van der Waals surface area contributed by atoms with E-state index in [1.807, 2.05) is 39.1 Å². The second kappa shape index (κ2) is 5.23. The zero-order chi connectivity index (χ0) is 10.6. The molecule has 0 spiro atoms. The molecule has 3 heteroatoms. The molecule has 0 atom stereocenters. The maximum absolute atomic E-state index is 5.91. The van der Waals surface area contributed by atoms with Gasteiger partial charge in [0.05, 0.1) is 6.10 Å². The molecular weight excluding hydrogens is 198 g/mol. The lowest BCUT2D eigenvalue weighted by Gasteiger charge is -2.14. The molecule has 0 aliphatic rings. The Kier molecular flexibility index (Phi) is 4.23. The molecule has 0 unspecified atom stereocenters. The molecule has 0 saturated carbocycles. The minimum atomic E-state index is 0.187. The predicted octanol–water partition coefficient (Wildman–Crippen LogP) is 2.85. The number of halogens is 1. The van der Waals surface area contributed by atoms with Gasteiger partial charge in [-0.1, -0.05) is 11.6 Å². The topological polar surface area (TPSA) is 21.3 Å². The van der Waals surface area contributed by atoms with Crippen LogP contribution in [0.4, 0.5) is 0 Å². The van der Waals surface area contributed by atoms with E-state index >= 15 is 0 Å². The summed E-state index contributed by atoms with van der Waals surface area (Å²) in [5.74, 6) is 0.902. The van der Waals surface area contributed by atoms with Crippen LogP contribution in [-0.4, -0.2) is 13.2 Å². The molecule has 0 amide bonds. The van der Waals surface area contributed by atoms with Gasteiger partial charge in [-0.2, -0.15) is 0 Å². The summed E-state index contributed by atoms with van der Waals surface area (Å²) in [6, 6.07) is 5.68. The lowest BCUT2D eigenvalue weighted by molar-refractivity contribution is 0.239. The van der Waals surface area contributed by atoms with E-state index < -0.39 is 0 Å². The van der Waals surface area contributed by atoms with Crippen molar-refractivity contribution in [1.29, 1.82) is 0 Å². The quantitative estimate of drug-likeness (QED) is 0.831. The fourth-order valence-electron chi connectivity index (χ4n) is 1.25. The molecule has 1 aromatic carbocycles. The third kappa shape index (κ3) is 3.20. The van der Waals surface area contributed by atoms with E-state index in [1.54, 1.807) is 0 Å². The standard InChI is InChI=1S/C11H16ClNO/c1-8(2)14-11-5-4-10(12)6-9(11)7-13-3/h4-6,8,13H,7H2,1-3H3. The molecule has 0 aromatic heterocycles. The van der Waals surface area contributed by atoms with Crippen LogP contribution in [0, 0.1) is 0 Å². The van der Waals surface area contributed by atoms with Gasteiger partial charge in [-0.15, -0.1) is 0 Å². The monoisotopic (exact) mass is 213 g/mol. The summed E-state index contributed by atoms with van der Waals surface area (Å²) in [4.78, 5) is 0. The van der Waals surface area contributed by atoms with Crippen LogP contribution in [0.15, 0.2) is 18.2 Å². The molecule has 14 heavy (non-hydrogen) atoms. The van der Waals surface area contributed by atoms with Gasteiger partial charge in [0.25, 0.3) is 0 Å². The summed E-state index contributed by atoms with van der Waals surface area (Å²) >= 11 is 5.91. The summed E-state index contributed by atoms with van der Waals surface area (Å²) in [7, 11) is 1.90. The van der Waals surface area contributed by atoms with E-state index in [2.05, 4.69) is 5.32 Å². The van der Waals surface area contributed by atoms with E-state index in [9.17, 15) is 0 Å². The van der Waals surface area contributed by atoms with Crippen LogP contribution < -0.4 is 10.1 Å². The van der Waals surface area contributed by atoms with Crippen LogP contribution >= 0.6 is 11.6 Å². The molecule has 0 aliphatic heterocycles.